The van der Waals surface area contributed by atoms with Crippen LogP contribution in [0.1, 0.15) is 37.0 Å². The van der Waals surface area contributed by atoms with E-state index in [4.69, 9.17) is 9.68 Å². The van der Waals surface area contributed by atoms with Gasteiger partial charge in [-0.15, -0.1) is 0 Å². The Kier molecular flexibility index (Phi) is 5.18. The number of nitrogens with zero attached hydrogens (tertiary/aromatic N) is 2. The summed E-state index contributed by atoms with van der Waals surface area (Å²) in [7, 11) is 1.69. The Balaban J connectivity index is 1.62. The predicted molar refractivity (Wildman–Crippen MR) is 116 cm³/mol. The molecule has 32 heavy (non-hydrogen) atoms. The van der Waals surface area contributed by atoms with Gasteiger partial charge >= 0.3 is 5.97 Å². The second-order valence-electron chi connectivity index (χ2n) is 6.93. The number of carboxylic acids is 1. The number of nitrogens with one attached hydrogen (secondary N) is 2. The third-order valence-corrected chi connectivity index (χ3v) is 4.91. The Morgan fingerprint density at radius 1 is 1.03 bits per heavy atom. The molecular formula is C23H16N4O5. The van der Waals surface area contributed by atoms with Crippen LogP contribution in [0.15, 0.2) is 65.3 Å². The molecule has 0 spiro atoms. The molecule has 0 aliphatic carbocycles. The van der Waals surface area contributed by atoms with Gasteiger partial charge in [0.25, 0.3) is 11.8 Å². The number of hydrogen-bond acceptors (Lipinski definition) is 5. The molecule has 4 rings (SSSR count). The number of benzene rings is 2. The zero-order chi connectivity index (χ0) is 22.8. The maximum Gasteiger partial charge on any atom is 0.337 e. The van der Waals surface area contributed by atoms with Crippen LogP contribution in [0.4, 0.5) is 11.4 Å². The topological polar surface area (TPSA) is 137 Å². The molecule has 0 aliphatic heterocycles. The van der Waals surface area contributed by atoms with Crippen molar-refractivity contribution in [1.82, 2.24) is 4.57 Å². The lowest BCUT2D eigenvalue weighted by atomic mass is 10.1. The highest BCUT2D eigenvalue weighted by Gasteiger charge is 2.18. The van der Waals surface area contributed by atoms with E-state index >= 15 is 0 Å². The summed E-state index contributed by atoms with van der Waals surface area (Å²) in [5, 5.41) is 24.5. The lowest BCUT2D eigenvalue weighted by Crippen LogP contribution is -2.17. The summed E-state index contributed by atoms with van der Waals surface area (Å²) in [6, 6.07) is 15.9. The molecule has 0 fully saturated rings. The molecule has 4 aromatic rings. The van der Waals surface area contributed by atoms with Gasteiger partial charge in [-0.05, 0) is 48.5 Å². The van der Waals surface area contributed by atoms with E-state index in [1.165, 1.54) is 24.5 Å². The van der Waals surface area contributed by atoms with E-state index < -0.39 is 17.8 Å². The molecule has 2 heterocycles. The van der Waals surface area contributed by atoms with Gasteiger partial charge in [0.05, 0.1) is 34.7 Å². The van der Waals surface area contributed by atoms with Crippen molar-refractivity contribution in [3.63, 3.8) is 0 Å². The number of rotatable bonds is 5. The number of fused-ring (bicyclic) bond motifs is 1. The molecule has 0 bridgehead atoms. The van der Waals surface area contributed by atoms with Crippen LogP contribution in [0.25, 0.3) is 10.9 Å². The van der Waals surface area contributed by atoms with Crippen LogP contribution in [0.2, 0.25) is 0 Å². The van der Waals surface area contributed by atoms with Gasteiger partial charge in [-0.25, -0.2) is 4.79 Å². The molecular weight excluding hydrogens is 412 g/mol. The van der Waals surface area contributed by atoms with Gasteiger partial charge in [-0.3, -0.25) is 9.59 Å². The number of anilines is 2. The Labute approximate surface area is 181 Å². The molecule has 158 valence electrons. The minimum atomic E-state index is -1.26. The number of aryl methyl sites for hydroxylation is 1. The predicted octanol–water partition coefficient (Wildman–Crippen LogP) is 3.85. The zero-order valence-corrected chi connectivity index (χ0v) is 16.7. The van der Waals surface area contributed by atoms with Crippen molar-refractivity contribution in [1.29, 1.82) is 5.26 Å². The van der Waals surface area contributed by atoms with Crippen molar-refractivity contribution in [2.45, 2.75) is 0 Å². The molecule has 0 radical (unpaired) electrons. The van der Waals surface area contributed by atoms with Crippen molar-refractivity contribution >= 4 is 40.1 Å². The minimum absolute atomic E-state index is 0.0816. The summed E-state index contributed by atoms with van der Waals surface area (Å²) in [4.78, 5) is 36.6. The number of carboxylic acid groups (broad SMARTS) is 1. The van der Waals surface area contributed by atoms with E-state index in [1.807, 2.05) is 6.07 Å². The minimum Gasteiger partial charge on any atom is -0.478 e. The summed E-state index contributed by atoms with van der Waals surface area (Å²) in [5.74, 6) is -2.00. The number of carbonyl (C=O) groups is 3. The highest BCUT2D eigenvalue weighted by Crippen LogP contribution is 2.25. The number of hydrogen-bond donors (Lipinski definition) is 3. The smallest absolute Gasteiger partial charge is 0.337 e. The van der Waals surface area contributed by atoms with E-state index in [-0.39, 0.29) is 28.3 Å². The van der Waals surface area contributed by atoms with E-state index in [9.17, 15) is 19.5 Å². The number of amides is 2. The van der Waals surface area contributed by atoms with Crippen LogP contribution in [0.3, 0.4) is 0 Å². The first-order valence-corrected chi connectivity index (χ1v) is 9.40. The average molecular weight is 428 g/mol. The maximum atomic E-state index is 12.9. The molecule has 0 aliphatic rings. The molecule has 0 saturated carbocycles. The van der Waals surface area contributed by atoms with E-state index in [0.29, 0.717) is 11.2 Å². The molecule has 9 heteroatoms. The normalized spacial score (nSPS) is 10.5. The number of carbonyl (C=O) groups excluding carboxylic acids is 2. The lowest BCUT2D eigenvalue weighted by molar-refractivity contribution is 0.0697. The molecule has 2 aromatic heterocycles. The van der Waals surface area contributed by atoms with Crippen LogP contribution in [-0.2, 0) is 7.05 Å². The van der Waals surface area contributed by atoms with Crippen molar-refractivity contribution in [2.75, 3.05) is 10.6 Å². The first-order valence-electron chi connectivity index (χ1n) is 9.40. The molecule has 2 aromatic carbocycles. The van der Waals surface area contributed by atoms with Crippen molar-refractivity contribution in [2.24, 2.45) is 7.05 Å². The summed E-state index contributed by atoms with van der Waals surface area (Å²) < 4.78 is 6.72. The summed E-state index contributed by atoms with van der Waals surface area (Å²) in [5.41, 5.74) is 1.57. The maximum absolute atomic E-state index is 12.9. The average Bonchev–Trinajstić information content (AvgIpc) is 3.43. The zero-order valence-electron chi connectivity index (χ0n) is 16.7. The summed E-state index contributed by atoms with van der Waals surface area (Å²) >= 11 is 0. The Bertz CT molecular complexity index is 1410. The standard InChI is InChI=1S/C23H16N4O5/c1-27-18-11-15(25-22(29)20-3-2-8-32-20)6-5-14(18)10-19(27)21(28)26-17-7-4-13(12-24)9-16(17)23(30)31/h2-11H,1H3,(H,25,29)(H,26,28)(H,30,31). The number of nitriles is 1. The molecule has 0 saturated heterocycles. The van der Waals surface area contributed by atoms with Gasteiger partial charge < -0.3 is 24.7 Å². The largest absolute Gasteiger partial charge is 0.478 e. The van der Waals surface area contributed by atoms with Crippen LogP contribution >= 0.6 is 0 Å². The Hall–Kier alpha value is -4.84. The summed E-state index contributed by atoms with van der Waals surface area (Å²) in [6.07, 6.45) is 1.41. The third kappa shape index (κ3) is 3.80. The van der Waals surface area contributed by atoms with Gasteiger partial charge in [0.15, 0.2) is 5.76 Å². The number of aromatic nitrogens is 1. The quantitative estimate of drug-likeness (QED) is 0.442. The second-order valence-corrected chi connectivity index (χ2v) is 6.93. The first-order chi connectivity index (χ1) is 15.4. The van der Waals surface area contributed by atoms with Gasteiger partial charge in [-0.2, -0.15) is 5.26 Å². The van der Waals surface area contributed by atoms with Crippen molar-refractivity contribution in [3.05, 3.63) is 83.4 Å². The fourth-order valence-electron chi connectivity index (χ4n) is 3.31. The third-order valence-electron chi connectivity index (χ3n) is 4.91. The Morgan fingerprint density at radius 3 is 2.53 bits per heavy atom. The fourth-order valence-corrected chi connectivity index (χ4v) is 3.31. The van der Waals surface area contributed by atoms with E-state index in [2.05, 4.69) is 10.6 Å². The molecule has 3 N–H and O–H groups in total. The van der Waals surface area contributed by atoms with Gasteiger partial charge in [-0.1, -0.05) is 6.07 Å². The second kappa shape index (κ2) is 8.12. The number of furan rings is 1. The van der Waals surface area contributed by atoms with Crippen molar-refractivity contribution < 1.29 is 23.9 Å². The van der Waals surface area contributed by atoms with Crippen LogP contribution < -0.4 is 10.6 Å². The Morgan fingerprint density at radius 2 is 1.84 bits per heavy atom. The monoisotopic (exact) mass is 428 g/mol. The van der Waals surface area contributed by atoms with Crippen LogP contribution in [0, 0.1) is 11.3 Å². The lowest BCUT2D eigenvalue weighted by Gasteiger charge is -2.10. The highest BCUT2D eigenvalue weighted by atomic mass is 16.4. The SMILES string of the molecule is Cn1c(C(=O)Nc2ccc(C#N)cc2C(=O)O)cc2ccc(NC(=O)c3ccco3)cc21. The van der Waals surface area contributed by atoms with Gasteiger partial charge in [0.2, 0.25) is 0 Å². The van der Waals surface area contributed by atoms with Crippen LogP contribution in [-0.4, -0.2) is 27.5 Å². The first kappa shape index (κ1) is 20.4. The summed E-state index contributed by atoms with van der Waals surface area (Å²) in [6.45, 7) is 0. The van der Waals surface area contributed by atoms with Gasteiger partial charge in [0.1, 0.15) is 5.69 Å². The highest BCUT2D eigenvalue weighted by molar-refractivity contribution is 6.10. The fraction of sp³-hybridized carbons (Fsp3) is 0.0435. The van der Waals surface area contributed by atoms with Crippen LogP contribution in [0.5, 0.6) is 0 Å². The molecule has 2 amide bonds. The molecule has 0 unspecified atom stereocenters. The van der Waals surface area contributed by atoms with E-state index in [1.54, 1.807) is 48.0 Å². The molecule has 0 atom stereocenters. The molecule has 9 nitrogen and oxygen atoms in total. The number of aromatic carboxylic acids is 1. The van der Waals surface area contributed by atoms with E-state index in [0.717, 1.165) is 5.39 Å². The van der Waals surface area contributed by atoms with Gasteiger partial charge in [0, 0.05) is 18.1 Å². The van der Waals surface area contributed by atoms with Crippen molar-refractivity contribution in [3.8, 4) is 6.07 Å².